The van der Waals surface area contributed by atoms with E-state index in [9.17, 15) is 19.8 Å². The Kier molecular flexibility index (Phi) is 11.1. The van der Waals surface area contributed by atoms with Crippen LogP contribution in [0.4, 0.5) is 0 Å². The lowest BCUT2D eigenvalue weighted by molar-refractivity contribution is -0.198. The summed E-state index contributed by atoms with van der Waals surface area (Å²) in [5.74, 6) is 0.0239. The molecule has 0 bridgehead atoms. The molecular weight excluding hydrogens is 536 g/mol. The van der Waals surface area contributed by atoms with Gasteiger partial charge in [-0.1, -0.05) is 117 Å². The van der Waals surface area contributed by atoms with Crippen molar-refractivity contribution in [3.8, 4) is 11.5 Å². The van der Waals surface area contributed by atoms with Crippen molar-refractivity contribution >= 4 is 11.8 Å². The minimum Gasteiger partial charge on any atom is -0.508 e. The molecule has 3 aliphatic rings. The first kappa shape index (κ1) is 33.6. The number of fused-ring (bicyclic) bond motifs is 3. The second-order valence-corrected chi connectivity index (χ2v) is 15.2. The van der Waals surface area contributed by atoms with Gasteiger partial charge in [-0.05, 0) is 66.9 Å². The number of aryl methyl sites for hydroxylation is 1. The van der Waals surface area contributed by atoms with Gasteiger partial charge in [0.15, 0.2) is 0 Å². The molecule has 240 valence electrons. The molecule has 5 nitrogen and oxygen atoms in total. The maximum Gasteiger partial charge on any atom is 0.342 e. The van der Waals surface area contributed by atoms with Gasteiger partial charge in [0.25, 0.3) is 0 Å². The van der Waals surface area contributed by atoms with Gasteiger partial charge in [0.05, 0.1) is 5.41 Å². The maximum atomic E-state index is 14.2. The molecule has 3 aliphatic carbocycles. The van der Waals surface area contributed by atoms with Crippen LogP contribution >= 0.6 is 0 Å². The van der Waals surface area contributed by atoms with E-state index in [0.717, 1.165) is 31.7 Å². The summed E-state index contributed by atoms with van der Waals surface area (Å²) in [6, 6.07) is 2.61. The van der Waals surface area contributed by atoms with Gasteiger partial charge in [-0.15, -0.1) is 0 Å². The van der Waals surface area contributed by atoms with Gasteiger partial charge in [-0.2, -0.15) is 0 Å². The van der Waals surface area contributed by atoms with Crippen molar-refractivity contribution in [1.82, 2.24) is 0 Å². The molecular formula is C38H58O5. The molecule has 0 aliphatic heterocycles. The number of ether oxygens (including phenoxy) is 1. The van der Waals surface area contributed by atoms with E-state index in [1.54, 1.807) is 6.92 Å². The molecule has 2 fully saturated rings. The lowest BCUT2D eigenvalue weighted by atomic mass is 9.39. The smallest absolute Gasteiger partial charge is 0.342 e. The highest BCUT2D eigenvalue weighted by molar-refractivity contribution is 5.96. The van der Waals surface area contributed by atoms with Crippen molar-refractivity contribution in [2.45, 2.75) is 150 Å². The molecule has 0 amide bonds. The van der Waals surface area contributed by atoms with Crippen LogP contribution in [-0.2, 0) is 9.53 Å². The number of allylic oxidation sites excluding steroid dienone is 1. The van der Waals surface area contributed by atoms with Gasteiger partial charge in [0.1, 0.15) is 28.9 Å². The first-order valence-electron chi connectivity index (χ1n) is 17.4. The molecule has 2 unspecified atom stereocenters. The zero-order chi connectivity index (χ0) is 31.3. The standard InChI is InChI=1S/C38H58O5/c1-6-7-8-9-10-11-12-13-14-15-16-17-18-19-32(41)38-21-20-28-24-36(3,4)25-30(28)37(38,5)26-33(38)43-35(42)34-27(2)22-29(39)23-31(34)40/h20-23,28,30,33,39-40H,6-19,24-26H2,1-5H3/t28?,30?,33-,37-,38+/m1/s1. The first-order valence-corrected chi connectivity index (χ1v) is 17.4. The molecule has 0 saturated heterocycles. The Labute approximate surface area is 260 Å². The number of hydrogen-bond donors (Lipinski definition) is 2. The van der Waals surface area contributed by atoms with Gasteiger partial charge in [0.2, 0.25) is 0 Å². The van der Waals surface area contributed by atoms with Crippen molar-refractivity contribution in [1.29, 1.82) is 0 Å². The lowest BCUT2D eigenvalue weighted by Gasteiger charge is -2.65. The van der Waals surface area contributed by atoms with E-state index in [1.807, 2.05) is 0 Å². The van der Waals surface area contributed by atoms with Crippen LogP contribution in [0.1, 0.15) is 153 Å². The maximum absolute atomic E-state index is 14.2. The molecule has 5 heteroatoms. The summed E-state index contributed by atoms with van der Waals surface area (Å²) in [4.78, 5) is 27.6. The van der Waals surface area contributed by atoms with E-state index < -0.39 is 17.5 Å². The summed E-state index contributed by atoms with van der Waals surface area (Å²) in [5, 5.41) is 20.3. The third-order valence-corrected chi connectivity index (χ3v) is 11.3. The fourth-order valence-corrected chi connectivity index (χ4v) is 8.93. The normalized spacial score (nSPS) is 28.6. The van der Waals surface area contributed by atoms with Crippen molar-refractivity contribution < 1.29 is 24.5 Å². The third-order valence-electron chi connectivity index (χ3n) is 11.3. The number of Topliss-reactive ketones (excluding diaryl/α,β-unsaturated/α-hetero) is 1. The van der Waals surface area contributed by atoms with Crippen LogP contribution in [-0.4, -0.2) is 28.1 Å². The molecule has 1 aromatic rings. The number of ketones is 1. The number of hydrogen-bond acceptors (Lipinski definition) is 5. The summed E-state index contributed by atoms with van der Waals surface area (Å²) >= 11 is 0. The number of unbranched alkanes of at least 4 members (excludes halogenated alkanes) is 12. The second kappa shape index (κ2) is 14.2. The molecule has 2 N–H and O–H groups in total. The average molecular weight is 595 g/mol. The van der Waals surface area contributed by atoms with E-state index >= 15 is 0 Å². The fraction of sp³-hybridized carbons (Fsp3) is 0.737. The summed E-state index contributed by atoms with van der Waals surface area (Å²) < 4.78 is 6.10. The predicted octanol–water partition coefficient (Wildman–Crippen LogP) is 10.0. The number of carbonyl (C=O) groups excluding carboxylic acids is 2. The SMILES string of the molecule is CCCCCCCCCCCCCCCC(=O)[C@]12C=CC3CC(C)(C)CC3[C@@]1(C)C[C@H]2OC(=O)c1c(C)cc(O)cc1O. The minimum absolute atomic E-state index is 0.0603. The van der Waals surface area contributed by atoms with Gasteiger partial charge >= 0.3 is 5.97 Å². The van der Waals surface area contributed by atoms with Crippen LogP contribution in [0.3, 0.4) is 0 Å². The molecule has 43 heavy (non-hydrogen) atoms. The third kappa shape index (κ3) is 7.17. The zero-order valence-electron chi connectivity index (χ0n) is 27.7. The Bertz CT molecular complexity index is 1130. The van der Waals surface area contributed by atoms with Crippen molar-refractivity contribution in [2.75, 3.05) is 0 Å². The summed E-state index contributed by atoms with van der Waals surface area (Å²) in [6.07, 6.45) is 23.7. The Morgan fingerprint density at radius 2 is 1.42 bits per heavy atom. The van der Waals surface area contributed by atoms with Crippen LogP contribution in [0.25, 0.3) is 0 Å². The Hall–Kier alpha value is -2.30. The van der Waals surface area contributed by atoms with Crippen molar-refractivity contribution in [3.63, 3.8) is 0 Å². The number of phenolic OH excluding ortho intramolecular Hbond substituents is 2. The van der Waals surface area contributed by atoms with Crippen molar-refractivity contribution in [2.24, 2.45) is 28.1 Å². The lowest BCUT2D eigenvalue weighted by Crippen LogP contribution is -2.69. The summed E-state index contributed by atoms with van der Waals surface area (Å²) in [5.41, 5.74) is -0.320. The zero-order valence-corrected chi connectivity index (χ0v) is 27.7. The largest absolute Gasteiger partial charge is 0.508 e. The van der Waals surface area contributed by atoms with Gasteiger partial charge in [0, 0.05) is 12.5 Å². The van der Waals surface area contributed by atoms with E-state index in [2.05, 4.69) is 39.8 Å². The number of benzene rings is 1. The number of carbonyl (C=O) groups is 2. The van der Waals surface area contributed by atoms with E-state index in [4.69, 9.17) is 4.74 Å². The fourth-order valence-electron chi connectivity index (χ4n) is 8.93. The molecule has 0 aromatic heterocycles. The average Bonchev–Trinajstić information content (AvgIpc) is 3.25. The van der Waals surface area contributed by atoms with E-state index in [-0.39, 0.29) is 33.7 Å². The topological polar surface area (TPSA) is 83.8 Å². The van der Waals surface area contributed by atoms with Gasteiger partial charge in [-0.25, -0.2) is 4.79 Å². The van der Waals surface area contributed by atoms with Crippen LogP contribution in [0, 0.1) is 35.0 Å². The van der Waals surface area contributed by atoms with Crippen LogP contribution in [0.15, 0.2) is 24.3 Å². The Morgan fingerprint density at radius 3 is 2.00 bits per heavy atom. The van der Waals surface area contributed by atoms with Crippen LogP contribution in [0.2, 0.25) is 0 Å². The highest BCUT2D eigenvalue weighted by Gasteiger charge is 2.72. The monoisotopic (exact) mass is 594 g/mol. The molecule has 0 radical (unpaired) electrons. The van der Waals surface area contributed by atoms with Crippen LogP contribution in [0.5, 0.6) is 11.5 Å². The molecule has 0 spiro atoms. The molecule has 0 heterocycles. The summed E-state index contributed by atoms with van der Waals surface area (Å²) in [6.45, 7) is 10.8. The molecule has 2 saturated carbocycles. The quantitative estimate of drug-likeness (QED) is 0.106. The predicted molar refractivity (Wildman–Crippen MR) is 173 cm³/mol. The highest BCUT2D eigenvalue weighted by atomic mass is 16.5. The number of aromatic hydroxyl groups is 2. The van der Waals surface area contributed by atoms with E-state index in [0.29, 0.717) is 30.2 Å². The highest BCUT2D eigenvalue weighted by Crippen LogP contribution is 2.71. The second-order valence-electron chi connectivity index (χ2n) is 15.2. The van der Waals surface area contributed by atoms with Gasteiger partial charge < -0.3 is 14.9 Å². The van der Waals surface area contributed by atoms with E-state index in [1.165, 1.54) is 76.7 Å². The van der Waals surface area contributed by atoms with Crippen molar-refractivity contribution in [3.05, 3.63) is 35.4 Å². The number of esters is 1. The minimum atomic E-state index is -0.818. The number of rotatable bonds is 17. The Balaban J connectivity index is 1.34. The van der Waals surface area contributed by atoms with Gasteiger partial charge in [-0.3, -0.25) is 4.79 Å². The molecule has 1 aromatic carbocycles. The number of phenols is 2. The summed E-state index contributed by atoms with van der Waals surface area (Å²) in [7, 11) is 0. The Morgan fingerprint density at radius 1 is 0.837 bits per heavy atom. The van der Waals surface area contributed by atoms with Crippen LogP contribution < -0.4 is 0 Å². The first-order chi connectivity index (χ1) is 20.4. The molecule has 4 rings (SSSR count). The molecule has 5 atom stereocenters.